The van der Waals surface area contributed by atoms with Crippen molar-refractivity contribution in [3.05, 3.63) is 47.1 Å². The summed E-state index contributed by atoms with van der Waals surface area (Å²) in [5.41, 5.74) is 0.927. The van der Waals surface area contributed by atoms with Crippen molar-refractivity contribution in [2.75, 3.05) is 30.8 Å². The van der Waals surface area contributed by atoms with Gasteiger partial charge in [0.2, 0.25) is 0 Å². The van der Waals surface area contributed by atoms with E-state index in [1.165, 1.54) is 24.5 Å². The number of nitrogens with zero attached hydrogens (tertiary/aromatic N) is 2. The van der Waals surface area contributed by atoms with Crippen LogP contribution in [0.25, 0.3) is 0 Å². The molecule has 0 unspecified atom stereocenters. The summed E-state index contributed by atoms with van der Waals surface area (Å²) in [4.78, 5) is 19.8. The van der Waals surface area contributed by atoms with E-state index in [0.717, 1.165) is 0 Å². The molecule has 8 heteroatoms. The van der Waals surface area contributed by atoms with Crippen molar-refractivity contribution in [3.63, 3.8) is 0 Å². The molecule has 0 spiro atoms. The Morgan fingerprint density at radius 3 is 2.87 bits per heavy atom. The fourth-order valence-electron chi connectivity index (χ4n) is 1.95. The van der Waals surface area contributed by atoms with Gasteiger partial charge in [-0.05, 0) is 24.6 Å². The molecule has 0 saturated heterocycles. The standard InChI is InChI=1S/C15H17ClFN5O/c1-18-12-13(16)21-9-22-14(12)19-6-3-7-20-15(23)10-4-2-5-11(17)8-10/h2,4-5,8-9,18H,3,6-7H2,1H3,(H,20,23)(H,19,21,22). The van der Waals surface area contributed by atoms with Crippen LogP contribution in [-0.2, 0) is 0 Å². The lowest BCUT2D eigenvalue weighted by molar-refractivity contribution is 0.0953. The normalized spacial score (nSPS) is 10.2. The number of rotatable bonds is 7. The Morgan fingerprint density at radius 1 is 1.30 bits per heavy atom. The van der Waals surface area contributed by atoms with Crippen LogP contribution < -0.4 is 16.0 Å². The van der Waals surface area contributed by atoms with Gasteiger partial charge in [-0.2, -0.15) is 0 Å². The number of halogens is 2. The van der Waals surface area contributed by atoms with Gasteiger partial charge in [0.15, 0.2) is 11.0 Å². The summed E-state index contributed by atoms with van der Waals surface area (Å²) in [5.74, 6) is -0.131. The fourth-order valence-corrected chi connectivity index (χ4v) is 2.18. The first-order valence-electron chi connectivity index (χ1n) is 7.07. The van der Waals surface area contributed by atoms with Gasteiger partial charge in [-0.3, -0.25) is 4.79 Å². The molecule has 122 valence electrons. The lowest BCUT2D eigenvalue weighted by Gasteiger charge is -2.11. The molecule has 1 aromatic carbocycles. The maximum Gasteiger partial charge on any atom is 0.251 e. The molecule has 1 aromatic heterocycles. The van der Waals surface area contributed by atoms with Crippen molar-refractivity contribution in [1.29, 1.82) is 0 Å². The first kappa shape index (κ1) is 17.0. The van der Waals surface area contributed by atoms with Crippen LogP contribution in [0, 0.1) is 5.82 Å². The van der Waals surface area contributed by atoms with Gasteiger partial charge in [0.1, 0.15) is 17.8 Å². The van der Waals surface area contributed by atoms with Gasteiger partial charge in [-0.25, -0.2) is 14.4 Å². The lowest BCUT2D eigenvalue weighted by Crippen LogP contribution is -2.26. The zero-order valence-electron chi connectivity index (χ0n) is 12.6. The minimum absolute atomic E-state index is 0.300. The Balaban J connectivity index is 1.76. The molecular formula is C15H17ClFN5O. The van der Waals surface area contributed by atoms with Crippen LogP contribution in [0.4, 0.5) is 15.9 Å². The van der Waals surface area contributed by atoms with Gasteiger partial charge >= 0.3 is 0 Å². The first-order valence-corrected chi connectivity index (χ1v) is 7.45. The molecular weight excluding hydrogens is 321 g/mol. The van der Waals surface area contributed by atoms with Crippen LogP contribution in [0.1, 0.15) is 16.8 Å². The average molecular weight is 338 g/mol. The van der Waals surface area contributed by atoms with E-state index in [1.54, 1.807) is 13.1 Å². The molecule has 2 aromatic rings. The zero-order chi connectivity index (χ0) is 16.7. The molecule has 0 aliphatic heterocycles. The molecule has 0 fully saturated rings. The van der Waals surface area contributed by atoms with Crippen LogP contribution in [0.5, 0.6) is 0 Å². The van der Waals surface area contributed by atoms with E-state index in [0.29, 0.717) is 41.7 Å². The second-order valence-electron chi connectivity index (χ2n) is 4.68. The number of hydrogen-bond donors (Lipinski definition) is 3. The third kappa shape index (κ3) is 4.79. The smallest absolute Gasteiger partial charge is 0.251 e. The highest BCUT2D eigenvalue weighted by atomic mass is 35.5. The van der Waals surface area contributed by atoms with Crippen molar-refractivity contribution in [3.8, 4) is 0 Å². The SMILES string of the molecule is CNc1c(Cl)ncnc1NCCCNC(=O)c1cccc(F)c1. The van der Waals surface area contributed by atoms with E-state index < -0.39 is 5.82 Å². The topological polar surface area (TPSA) is 78.9 Å². The number of nitrogens with one attached hydrogen (secondary N) is 3. The average Bonchev–Trinajstić information content (AvgIpc) is 2.54. The molecule has 0 radical (unpaired) electrons. The van der Waals surface area contributed by atoms with Gasteiger partial charge in [-0.15, -0.1) is 0 Å². The Morgan fingerprint density at radius 2 is 2.13 bits per heavy atom. The quantitative estimate of drug-likeness (QED) is 0.534. The molecule has 1 heterocycles. The van der Waals surface area contributed by atoms with Crippen molar-refractivity contribution >= 4 is 29.0 Å². The van der Waals surface area contributed by atoms with Gasteiger partial charge < -0.3 is 16.0 Å². The van der Waals surface area contributed by atoms with Crippen LogP contribution in [0.15, 0.2) is 30.6 Å². The predicted octanol–water partition coefficient (Wildman–Crippen LogP) is 2.54. The summed E-state index contributed by atoms with van der Waals surface area (Å²) >= 11 is 5.95. The van der Waals surface area contributed by atoms with E-state index >= 15 is 0 Å². The molecule has 6 nitrogen and oxygen atoms in total. The summed E-state index contributed by atoms with van der Waals surface area (Å²) in [6.45, 7) is 1.04. The predicted molar refractivity (Wildman–Crippen MR) is 88.4 cm³/mol. The zero-order valence-corrected chi connectivity index (χ0v) is 13.3. The Labute approximate surface area is 138 Å². The molecule has 0 saturated carbocycles. The summed E-state index contributed by atoms with van der Waals surface area (Å²) in [6, 6.07) is 5.57. The molecule has 23 heavy (non-hydrogen) atoms. The Kier molecular flexibility index (Phi) is 6.10. The third-order valence-corrected chi connectivity index (χ3v) is 3.36. The maximum absolute atomic E-state index is 13.0. The number of carbonyl (C=O) groups excluding carboxylic acids is 1. The minimum atomic E-state index is -0.431. The Hall–Kier alpha value is -2.41. The maximum atomic E-state index is 13.0. The van der Waals surface area contributed by atoms with Crippen LogP contribution >= 0.6 is 11.6 Å². The van der Waals surface area contributed by atoms with E-state index in [9.17, 15) is 9.18 Å². The molecule has 0 aliphatic rings. The van der Waals surface area contributed by atoms with Gasteiger partial charge in [0.25, 0.3) is 5.91 Å². The molecule has 0 aliphatic carbocycles. The van der Waals surface area contributed by atoms with Crippen LogP contribution in [0.2, 0.25) is 5.15 Å². The second-order valence-corrected chi connectivity index (χ2v) is 5.04. The van der Waals surface area contributed by atoms with Crippen molar-refractivity contribution in [1.82, 2.24) is 15.3 Å². The summed E-state index contributed by atoms with van der Waals surface area (Å²) < 4.78 is 13.0. The highest BCUT2D eigenvalue weighted by Crippen LogP contribution is 2.24. The van der Waals surface area contributed by atoms with Gasteiger partial charge in [0.05, 0.1) is 0 Å². The van der Waals surface area contributed by atoms with Gasteiger partial charge in [-0.1, -0.05) is 17.7 Å². The van der Waals surface area contributed by atoms with Crippen molar-refractivity contribution in [2.45, 2.75) is 6.42 Å². The molecule has 0 bridgehead atoms. The van der Waals surface area contributed by atoms with E-state index in [1.807, 2.05) is 0 Å². The summed E-state index contributed by atoms with van der Waals surface area (Å²) in [6.07, 6.45) is 2.04. The fraction of sp³-hybridized carbons (Fsp3) is 0.267. The number of benzene rings is 1. The largest absolute Gasteiger partial charge is 0.383 e. The number of amides is 1. The van der Waals surface area contributed by atoms with E-state index in [2.05, 4.69) is 25.9 Å². The van der Waals surface area contributed by atoms with E-state index in [4.69, 9.17) is 11.6 Å². The van der Waals surface area contributed by atoms with Crippen LogP contribution in [-0.4, -0.2) is 36.0 Å². The number of aromatic nitrogens is 2. The first-order chi connectivity index (χ1) is 11.1. The molecule has 0 atom stereocenters. The minimum Gasteiger partial charge on any atom is -0.383 e. The van der Waals surface area contributed by atoms with Crippen molar-refractivity contribution in [2.24, 2.45) is 0 Å². The summed E-state index contributed by atoms with van der Waals surface area (Å²) in [7, 11) is 1.73. The number of hydrogen-bond acceptors (Lipinski definition) is 5. The van der Waals surface area contributed by atoms with Crippen LogP contribution in [0.3, 0.4) is 0 Å². The molecule has 3 N–H and O–H groups in total. The number of carbonyl (C=O) groups is 1. The van der Waals surface area contributed by atoms with Gasteiger partial charge in [0, 0.05) is 25.7 Å². The monoisotopic (exact) mass is 337 g/mol. The molecule has 2 rings (SSSR count). The summed E-state index contributed by atoms with van der Waals surface area (Å²) in [5, 5.41) is 9.11. The van der Waals surface area contributed by atoms with Crippen molar-refractivity contribution < 1.29 is 9.18 Å². The van der Waals surface area contributed by atoms with E-state index in [-0.39, 0.29) is 5.91 Å². The highest BCUT2D eigenvalue weighted by Gasteiger charge is 2.08. The Bertz CT molecular complexity index is 683. The third-order valence-electron chi connectivity index (χ3n) is 3.07. The lowest BCUT2D eigenvalue weighted by atomic mass is 10.2. The number of anilines is 2. The second kappa shape index (κ2) is 8.28. The highest BCUT2D eigenvalue weighted by molar-refractivity contribution is 6.32. The molecule has 1 amide bonds.